The number of para-hydroxylation sites is 1. The predicted molar refractivity (Wildman–Crippen MR) is 88.2 cm³/mol. The Morgan fingerprint density at radius 3 is 2.33 bits per heavy atom. The average molecular weight is 347 g/mol. The van der Waals surface area contributed by atoms with E-state index < -0.39 is 0 Å². The summed E-state index contributed by atoms with van der Waals surface area (Å²) in [4.78, 5) is 0.207. The number of hydrogen-bond donors (Lipinski definition) is 0. The molecule has 0 radical (unpaired) electrons. The molecule has 3 rings (SSSR count). The van der Waals surface area contributed by atoms with Crippen LogP contribution in [0.25, 0.3) is 0 Å². The first-order valence-electron chi connectivity index (χ1n) is 7.28. The van der Waals surface area contributed by atoms with Crippen molar-refractivity contribution in [2.24, 2.45) is 0 Å². The molecule has 21 heavy (non-hydrogen) atoms. The van der Waals surface area contributed by atoms with E-state index in [-0.39, 0.29) is 10.4 Å². The van der Waals surface area contributed by atoms with Crippen molar-refractivity contribution in [3.05, 3.63) is 60.2 Å². The van der Waals surface area contributed by atoms with E-state index in [0.29, 0.717) is 0 Å². The first-order chi connectivity index (χ1) is 10.2. The highest BCUT2D eigenvalue weighted by atomic mass is 79.9. The van der Waals surface area contributed by atoms with Gasteiger partial charge in [-0.2, -0.15) is 0 Å². The van der Waals surface area contributed by atoms with Crippen molar-refractivity contribution in [1.82, 2.24) is 0 Å². The molecule has 110 valence electrons. The van der Waals surface area contributed by atoms with Gasteiger partial charge in [0.25, 0.3) is 0 Å². The molecule has 3 heteroatoms. The van der Waals surface area contributed by atoms with Crippen LogP contribution in [0.3, 0.4) is 0 Å². The fraction of sp³-hybridized carbons (Fsp3) is 0.333. The lowest BCUT2D eigenvalue weighted by Gasteiger charge is -2.29. The number of alkyl halides is 1. The minimum absolute atomic E-state index is 0.109. The second kappa shape index (κ2) is 6.20. The van der Waals surface area contributed by atoms with Gasteiger partial charge in [0, 0.05) is 6.61 Å². The summed E-state index contributed by atoms with van der Waals surface area (Å²) in [6.07, 6.45) is 2.22. The fourth-order valence-corrected chi connectivity index (χ4v) is 3.35. The van der Waals surface area contributed by atoms with Crippen LogP contribution in [0.4, 0.5) is 0 Å². The molecule has 1 aliphatic rings. The third-order valence-electron chi connectivity index (χ3n) is 3.94. The van der Waals surface area contributed by atoms with Crippen LogP contribution in [-0.4, -0.2) is 12.2 Å². The summed E-state index contributed by atoms with van der Waals surface area (Å²) in [6.45, 7) is 3.03. The van der Waals surface area contributed by atoms with Crippen LogP contribution in [-0.2, 0) is 4.74 Å². The lowest BCUT2D eigenvalue weighted by Crippen LogP contribution is -2.28. The molecule has 2 aromatic rings. The lowest BCUT2D eigenvalue weighted by atomic mass is 9.93. The van der Waals surface area contributed by atoms with E-state index in [9.17, 15) is 0 Å². The monoisotopic (exact) mass is 346 g/mol. The van der Waals surface area contributed by atoms with Crippen LogP contribution < -0.4 is 4.74 Å². The maximum atomic E-state index is 5.90. The highest BCUT2D eigenvalue weighted by Gasteiger charge is 2.37. The minimum Gasteiger partial charge on any atom is -0.457 e. The molecule has 0 amide bonds. The van der Waals surface area contributed by atoms with Gasteiger partial charge in [0.05, 0.1) is 10.4 Å². The van der Waals surface area contributed by atoms with E-state index in [0.717, 1.165) is 30.9 Å². The number of halogens is 1. The Morgan fingerprint density at radius 2 is 1.71 bits per heavy atom. The summed E-state index contributed by atoms with van der Waals surface area (Å²) in [5, 5.41) is 0. The lowest BCUT2D eigenvalue weighted by molar-refractivity contribution is 0.0197. The number of hydrogen-bond acceptors (Lipinski definition) is 2. The SMILES string of the molecule is CC1(C(Br)c2ccc(Oc3ccccc3)cc2)CCCO1. The Kier molecular flexibility index (Phi) is 4.32. The fourth-order valence-electron chi connectivity index (χ4n) is 2.68. The molecular weight excluding hydrogens is 328 g/mol. The van der Waals surface area contributed by atoms with Gasteiger partial charge < -0.3 is 9.47 Å². The maximum absolute atomic E-state index is 5.90. The van der Waals surface area contributed by atoms with E-state index in [2.05, 4.69) is 35.0 Å². The Labute approximate surface area is 134 Å². The normalized spacial score (nSPS) is 23.0. The number of rotatable bonds is 4. The predicted octanol–water partition coefficient (Wildman–Crippen LogP) is 5.48. The highest BCUT2D eigenvalue weighted by molar-refractivity contribution is 9.09. The van der Waals surface area contributed by atoms with Gasteiger partial charge >= 0.3 is 0 Å². The molecule has 0 N–H and O–H groups in total. The van der Waals surface area contributed by atoms with Crippen molar-refractivity contribution in [3.63, 3.8) is 0 Å². The van der Waals surface area contributed by atoms with E-state index in [1.54, 1.807) is 0 Å². The smallest absolute Gasteiger partial charge is 0.127 e. The first kappa shape index (κ1) is 14.6. The van der Waals surface area contributed by atoms with Gasteiger partial charge in [-0.3, -0.25) is 0 Å². The van der Waals surface area contributed by atoms with E-state index in [1.807, 2.05) is 42.5 Å². The van der Waals surface area contributed by atoms with Crippen LogP contribution in [0.5, 0.6) is 11.5 Å². The molecule has 2 nitrogen and oxygen atoms in total. The Hall–Kier alpha value is -1.32. The molecule has 1 heterocycles. The van der Waals surface area contributed by atoms with Crippen LogP contribution in [0.2, 0.25) is 0 Å². The first-order valence-corrected chi connectivity index (χ1v) is 8.20. The molecule has 0 bridgehead atoms. The van der Waals surface area contributed by atoms with Crippen LogP contribution >= 0.6 is 15.9 Å². The molecule has 1 saturated heterocycles. The second-order valence-electron chi connectivity index (χ2n) is 5.61. The van der Waals surface area contributed by atoms with Crippen molar-refractivity contribution >= 4 is 15.9 Å². The van der Waals surface area contributed by atoms with Crippen LogP contribution in [0.1, 0.15) is 30.2 Å². The highest BCUT2D eigenvalue weighted by Crippen LogP contribution is 2.43. The summed E-state index contributed by atoms with van der Waals surface area (Å²) < 4.78 is 11.7. The molecule has 0 aromatic heterocycles. The van der Waals surface area contributed by atoms with Gasteiger partial charge in [0.2, 0.25) is 0 Å². The Bertz CT molecular complexity index is 574. The molecular formula is C18H19BrO2. The molecule has 1 fully saturated rings. The van der Waals surface area contributed by atoms with Crippen molar-refractivity contribution in [2.75, 3.05) is 6.61 Å². The third kappa shape index (κ3) is 3.30. The minimum atomic E-state index is -0.109. The number of benzene rings is 2. The zero-order valence-electron chi connectivity index (χ0n) is 12.1. The van der Waals surface area contributed by atoms with Crippen LogP contribution in [0.15, 0.2) is 54.6 Å². The van der Waals surface area contributed by atoms with Crippen molar-refractivity contribution < 1.29 is 9.47 Å². The quantitative estimate of drug-likeness (QED) is 0.682. The van der Waals surface area contributed by atoms with Gasteiger partial charge in [-0.15, -0.1) is 0 Å². The Morgan fingerprint density at radius 1 is 1.05 bits per heavy atom. The zero-order chi connectivity index (χ0) is 14.7. The average Bonchev–Trinajstić information content (AvgIpc) is 2.96. The molecule has 2 aromatic carbocycles. The maximum Gasteiger partial charge on any atom is 0.127 e. The number of ether oxygens (including phenoxy) is 2. The van der Waals surface area contributed by atoms with Gasteiger partial charge in [0.15, 0.2) is 0 Å². The van der Waals surface area contributed by atoms with Gasteiger partial charge in [-0.1, -0.05) is 46.3 Å². The largest absolute Gasteiger partial charge is 0.457 e. The summed E-state index contributed by atoms with van der Waals surface area (Å²) in [5.74, 6) is 1.70. The molecule has 2 unspecified atom stereocenters. The molecule has 1 aliphatic heterocycles. The molecule has 0 saturated carbocycles. The molecule has 2 atom stereocenters. The van der Waals surface area contributed by atoms with Gasteiger partial charge in [0.1, 0.15) is 11.5 Å². The summed E-state index contributed by atoms with van der Waals surface area (Å²) in [7, 11) is 0. The van der Waals surface area contributed by atoms with E-state index in [1.165, 1.54) is 5.56 Å². The van der Waals surface area contributed by atoms with Crippen LogP contribution in [0, 0.1) is 0 Å². The topological polar surface area (TPSA) is 18.5 Å². The molecule has 0 aliphatic carbocycles. The van der Waals surface area contributed by atoms with E-state index in [4.69, 9.17) is 9.47 Å². The van der Waals surface area contributed by atoms with E-state index >= 15 is 0 Å². The van der Waals surface area contributed by atoms with Crippen molar-refractivity contribution in [3.8, 4) is 11.5 Å². The summed E-state index contributed by atoms with van der Waals surface area (Å²) in [6, 6.07) is 18.0. The zero-order valence-corrected chi connectivity index (χ0v) is 13.7. The summed E-state index contributed by atoms with van der Waals surface area (Å²) in [5.41, 5.74) is 1.11. The standard InChI is InChI=1S/C18H19BrO2/c1-18(12-5-13-20-18)17(19)14-8-10-16(11-9-14)21-15-6-3-2-4-7-15/h2-4,6-11,17H,5,12-13H2,1H3. The third-order valence-corrected chi connectivity index (χ3v) is 5.43. The second-order valence-corrected chi connectivity index (χ2v) is 6.53. The van der Waals surface area contributed by atoms with Crippen molar-refractivity contribution in [1.29, 1.82) is 0 Å². The van der Waals surface area contributed by atoms with Gasteiger partial charge in [-0.05, 0) is 49.6 Å². The molecule has 0 spiro atoms. The van der Waals surface area contributed by atoms with Crippen molar-refractivity contribution in [2.45, 2.75) is 30.2 Å². The summed E-state index contributed by atoms with van der Waals surface area (Å²) >= 11 is 3.79. The van der Waals surface area contributed by atoms with Gasteiger partial charge in [-0.25, -0.2) is 0 Å². The Balaban J connectivity index is 1.72.